The summed E-state index contributed by atoms with van der Waals surface area (Å²) in [6.45, 7) is 1.97. The van der Waals surface area contributed by atoms with Crippen LogP contribution in [0.4, 0.5) is 11.6 Å². The Kier molecular flexibility index (Phi) is 2.94. The number of amides is 1. The van der Waals surface area contributed by atoms with Gasteiger partial charge in [0.2, 0.25) is 17.8 Å². The molecule has 1 aliphatic heterocycles. The highest BCUT2D eigenvalue weighted by molar-refractivity contribution is 6.01. The van der Waals surface area contributed by atoms with E-state index in [1.165, 1.54) is 10.9 Å². The largest absolute Gasteiger partial charge is 0.342 e. The van der Waals surface area contributed by atoms with Crippen molar-refractivity contribution in [2.75, 3.05) is 10.6 Å². The van der Waals surface area contributed by atoms with Crippen LogP contribution in [0.25, 0.3) is 0 Å². The van der Waals surface area contributed by atoms with Crippen molar-refractivity contribution in [3.05, 3.63) is 36.2 Å². The average molecular weight is 271 g/mol. The quantitative estimate of drug-likeness (QED) is 0.852. The van der Waals surface area contributed by atoms with E-state index in [1.807, 2.05) is 31.2 Å². The molecule has 7 heteroatoms. The third kappa shape index (κ3) is 2.25. The summed E-state index contributed by atoms with van der Waals surface area (Å²) in [5.74, 6) is -0.172. The first-order valence-electron chi connectivity index (χ1n) is 6.21. The second kappa shape index (κ2) is 4.76. The van der Waals surface area contributed by atoms with Crippen LogP contribution in [0.3, 0.4) is 0 Å². The van der Waals surface area contributed by atoms with Crippen LogP contribution in [0.5, 0.6) is 0 Å². The predicted molar refractivity (Wildman–Crippen MR) is 72.5 cm³/mol. The summed E-state index contributed by atoms with van der Waals surface area (Å²) in [5.41, 5.74) is 1.81. The zero-order valence-corrected chi connectivity index (χ0v) is 10.8. The van der Waals surface area contributed by atoms with Crippen LogP contribution in [-0.2, 0) is 4.79 Å². The van der Waals surface area contributed by atoms with Gasteiger partial charge in [0.05, 0.1) is 6.42 Å². The molecule has 0 saturated carbocycles. The molecule has 0 aliphatic carbocycles. The number of nitrogens with zero attached hydrogens (tertiary/aromatic N) is 3. The molecule has 1 aromatic heterocycles. The number of carbonyl (C=O) groups is 2. The molecule has 0 fully saturated rings. The van der Waals surface area contributed by atoms with Gasteiger partial charge in [-0.25, -0.2) is 4.57 Å². The van der Waals surface area contributed by atoms with Gasteiger partial charge >= 0.3 is 0 Å². The van der Waals surface area contributed by atoms with Crippen molar-refractivity contribution in [1.82, 2.24) is 14.8 Å². The zero-order valence-electron chi connectivity index (χ0n) is 10.8. The molecule has 1 atom stereocenters. The topological polar surface area (TPSA) is 88.9 Å². The van der Waals surface area contributed by atoms with Crippen molar-refractivity contribution < 1.29 is 9.59 Å². The Bertz CT molecular complexity index is 662. The number of hydrogen-bond acceptors (Lipinski definition) is 5. The van der Waals surface area contributed by atoms with Gasteiger partial charge in [0.15, 0.2) is 0 Å². The normalized spacial score (nSPS) is 17.2. The summed E-state index contributed by atoms with van der Waals surface area (Å²) in [6.07, 6.45) is 1.40. The Morgan fingerprint density at radius 2 is 2.15 bits per heavy atom. The number of benzene rings is 1. The van der Waals surface area contributed by atoms with E-state index < -0.39 is 6.04 Å². The first kappa shape index (κ1) is 12.3. The lowest BCUT2D eigenvalue weighted by Gasteiger charge is -2.22. The monoisotopic (exact) mass is 271 g/mol. The highest BCUT2D eigenvalue weighted by Crippen LogP contribution is 2.16. The molecule has 0 radical (unpaired) electrons. The van der Waals surface area contributed by atoms with E-state index in [0.717, 1.165) is 5.56 Å². The fourth-order valence-electron chi connectivity index (χ4n) is 2.02. The molecule has 7 nitrogen and oxygen atoms in total. The summed E-state index contributed by atoms with van der Waals surface area (Å²) in [4.78, 5) is 24.0. The smallest absolute Gasteiger partial charge is 0.247 e. The summed E-state index contributed by atoms with van der Waals surface area (Å²) in [5, 5.41) is 13.1. The van der Waals surface area contributed by atoms with E-state index in [4.69, 9.17) is 0 Å². The van der Waals surface area contributed by atoms with E-state index in [0.29, 0.717) is 11.6 Å². The van der Waals surface area contributed by atoms with Crippen LogP contribution < -0.4 is 10.6 Å². The number of nitrogens with one attached hydrogen (secondary N) is 2. The van der Waals surface area contributed by atoms with Gasteiger partial charge in [-0.15, -0.1) is 10.2 Å². The molecule has 0 unspecified atom stereocenters. The number of fused-ring (bicyclic) bond motifs is 1. The maximum absolute atomic E-state index is 12.1. The fraction of sp³-hybridized carbons (Fsp3) is 0.231. The number of anilines is 2. The van der Waals surface area contributed by atoms with Gasteiger partial charge in [0.1, 0.15) is 12.4 Å². The lowest BCUT2D eigenvalue weighted by Crippen LogP contribution is -2.42. The van der Waals surface area contributed by atoms with Crippen LogP contribution in [0.15, 0.2) is 30.6 Å². The number of aromatic nitrogens is 3. The molecule has 0 bridgehead atoms. The van der Waals surface area contributed by atoms with Gasteiger partial charge in [-0.3, -0.25) is 9.59 Å². The number of rotatable bonds is 2. The van der Waals surface area contributed by atoms with Crippen molar-refractivity contribution in [3.63, 3.8) is 0 Å². The lowest BCUT2D eigenvalue weighted by molar-refractivity contribution is -0.117. The Labute approximate surface area is 115 Å². The van der Waals surface area contributed by atoms with Gasteiger partial charge in [-0.1, -0.05) is 17.7 Å². The third-order valence-electron chi connectivity index (χ3n) is 3.13. The highest BCUT2D eigenvalue weighted by Gasteiger charge is 2.30. The van der Waals surface area contributed by atoms with Crippen molar-refractivity contribution in [2.45, 2.75) is 19.4 Å². The molecule has 1 aliphatic rings. The molecular weight excluding hydrogens is 258 g/mol. The van der Waals surface area contributed by atoms with Crippen molar-refractivity contribution >= 4 is 23.5 Å². The number of aryl methyl sites for hydroxylation is 1. The molecule has 0 spiro atoms. The molecule has 2 N–H and O–H groups in total. The van der Waals surface area contributed by atoms with Crippen LogP contribution in [0.1, 0.15) is 16.8 Å². The Morgan fingerprint density at radius 1 is 1.40 bits per heavy atom. The van der Waals surface area contributed by atoms with Gasteiger partial charge in [0.25, 0.3) is 0 Å². The first-order valence-corrected chi connectivity index (χ1v) is 6.21. The van der Waals surface area contributed by atoms with E-state index >= 15 is 0 Å². The van der Waals surface area contributed by atoms with E-state index in [1.54, 1.807) is 0 Å². The Hall–Kier alpha value is -2.70. The third-order valence-corrected chi connectivity index (χ3v) is 3.13. The molecule has 2 heterocycles. The maximum atomic E-state index is 12.1. The van der Waals surface area contributed by atoms with Crippen LogP contribution in [0, 0.1) is 6.92 Å². The van der Waals surface area contributed by atoms with E-state index in [-0.39, 0.29) is 18.2 Å². The second-order valence-electron chi connectivity index (χ2n) is 4.67. The molecular formula is C13H13N5O2. The highest BCUT2D eigenvalue weighted by atomic mass is 16.2. The summed E-state index contributed by atoms with van der Waals surface area (Å²) in [7, 11) is 0. The molecule has 102 valence electrons. The fourth-order valence-corrected chi connectivity index (χ4v) is 2.02. The van der Waals surface area contributed by atoms with Gasteiger partial charge in [-0.05, 0) is 19.1 Å². The second-order valence-corrected chi connectivity index (χ2v) is 4.67. The molecule has 0 saturated heterocycles. The summed E-state index contributed by atoms with van der Waals surface area (Å²) < 4.78 is 1.30. The van der Waals surface area contributed by atoms with Crippen molar-refractivity contribution in [1.29, 1.82) is 0 Å². The van der Waals surface area contributed by atoms with Crippen LogP contribution >= 0.6 is 0 Å². The van der Waals surface area contributed by atoms with Crippen molar-refractivity contribution in [2.24, 2.45) is 0 Å². The molecule has 3 rings (SSSR count). The maximum Gasteiger partial charge on any atom is 0.247 e. The zero-order chi connectivity index (χ0) is 14.1. The van der Waals surface area contributed by atoms with Gasteiger partial charge in [0, 0.05) is 5.69 Å². The first-order chi connectivity index (χ1) is 9.63. The SMILES string of the molecule is Cc1ccc(NC(=O)[C@@H]2CC(=O)n3cnnc3N2)cc1. The minimum absolute atomic E-state index is 0.0722. The summed E-state index contributed by atoms with van der Waals surface area (Å²) in [6, 6.07) is 6.82. The molecule has 1 amide bonds. The van der Waals surface area contributed by atoms with Crippen LogP contribution in [0.2, 0.25) is 0 Å². The minimum Gasteiger partial charge on any atom is -0.342 e. The number of hydrogen-bond donors (Lipinski definition) is 2. The Morgan fingerprint density at radius 3 is 2.90 bits per heavy atom. The lowest BCUT2D eigenvalue weighted by atomic mass is 10.1. The Balaban J connectivity index is 1.73. The molecule has 20 heavy (non-hydrogen) atoms. The number of carbonyl (C=O) groups excluding carboxylic acids is 2. The summed E-state index contributed by atoms with van der Waals surface area (Å²) >= 11 is 0. The van der Waals surface area contributed by atoms with E-state index in [9.17, 15) is 9.59 Å². The van der Waals surface area contributed by atoms with Crippen LogP contribution in [-0.4, -0.2) is 32.6 Å². The predicted octanol–water partition coefficient (Wildman–Crippen LogP) is 1.05. The molecule has 1 aromatic carbocycles. The van der Waals surface area contributed by atoms with Gasteiger partial charge in [-0.2, -0.15) is 0 Å². The average Bonchev–Trinajstić information content (AvgIpc) is 2.90. The van der Waals surface area contributed by atoms with Gasteiger partial charge < -0.3 is 10.6 Å². The standard InChI is InChI=1S/C13H13N5O2/c1-8-2-4-9(5-3-8)15-12(20)10-6-11(19)18-7-14-17-13(18)16-10/h2-5,7,10H,6H2,1H3,(H,15,20)(H,16,17)/t10-/m0/s1. The van der Waals surface area contributed by atoms with Crippen molar-refractivity contribution in [3.8, 4) is 0 Å². The van der Waals surface area contributed by atoms with E-state index in [2.05, 4.69) is 20.8 Å². The molecule has 2 aromatic rings. The minimum atomic E-state index is -0.638.